The number of benzene rings is 1. The van der Waals surface area contributed by atoms with Crippen molar-refractivity contribution in [1.29, 1.82) is 0 Å². The van der Waals surface area contributed by atoms with Crippen molar-refractivity contribution in [2.75, 3.05) is 31.2 Å². The summed E-state index contributed by atoms with van der Waals surface area (Å²) in [6, 6.07) is 8.90. The monoisotopic (exact) mass is 232 g/mol. The largest absolute Gasteiger partial charge is 0.381 e. The summed E-state index contributed by atoms with van der Waals surface area (Å²) < 4.78 is 5.41. The molecule has 3 nitrogen and oxygen atoms in total. The molecule has 0 aliphatic carbocycles. The topological polar surface area (TPSA) is 38.5 Å². The van der Waals surface area contributed by atoms with Crippen LogP contribution >= 0.6 is 0 Å². The highest BCUT2D eigenvalue weighted by atomic mass is 16.5. The Hall–Kier alpha value is -1.06. The van der Waals surface area contributed by atoms with Crippen LogP contribution in [0.2, 0.25) is 0 Å². The van der Waals surface area contributed by atoms with Crippen LogP contribution < -0.4 is 10.6 Å². The van der Waals surface area contributed by atoms with Crippen LogP contribution in [-0.2, 0) is 11.2 Å². The third kappa shape index (κ3) is 2.17. The SMILES string of the molecule is NC(CN1CCc2ccccc21)C1CCOC1. The van der Waals surface area contributed by atoms with Gasteiger partial charge in [0, 0.05) is 37.3 Å². The number of hydrogen-bond donors (Lipinski definition) is 1. The van der Waals surface area contributed by atoms with Crippen molar-refractivity contribution in [2.24, 2.45) is 11.7 Å². The molecule has 1 saturated heterocycles. The summed E-state index contributed by atoms with van der Waals surface area (Å²) in [5.74, 6) is 0.544. The summed E-state index contributed by atoms with van der Waals surface area (Å²) >= 11 is 0. The molecular formula is C14H20N2O. The molecular weight excluding hydrogens is 212 g/mol. The number of nitrogens with zero attached hydrogens (tertiary/aromatic N) is 1. The first-order valence-electron chi connectivity index (χ1n) is 6.51. The van der Waals surface area contributed by atoms with Gasteiger partial charge in [0.05, 0.1) is 6.61 Å². The highest BCUT2D eigenvalue weighted by Gasteiger charge is 2.27. The fourth-order valence-electron chi connectivity index (χ4n) is 2.89. The average Bonchev–Trinajstić information content (AvgIpc) is 2.98. The summed E-state index contributed by atoms with van der Waals surface area (Å²) in [6.45, 7) is 3.80. The molecule has 0 bridgehead atoms. The second-order valence-corrected chi connectivity index (χ2v) is 5.11. The minimum absolute atomic E-state index is 0.239. The maximum atomic E-state index is 6.29. The van der Waals surface area contributed by atoms with Gasteiger partial charge in [-0.15, -0.1) is 0 Å². The molecule has 2 aliphatic rings. The molecule has 1 fully saturated rings. The molecule has 0 aromatic heterocycles. The van der Waals surface area contributed by atoms with Gasteiger partial charge in [-0.3, -0.25) is 0 Å². The third-order valence-electron chi connectivity index (χ3n) is 3.98. The van der Waals surface area contributed by atoms with Crippen molar-refractivity contribution in [3.63, 3.8) is 0 Å². The summed E-state index contributed by atoms with van der Waals surface area (Å²) in [6.07, 6.45) is 2.28. The van der Waals surface area contributed by atoms with E-state index in [0.29, 0.717) is 5.92 Å². The van der Waals surface area contributed by atoms with E-state index in [0.717, 1.165) is 39.1 Å². The Morgan fingerprint density at radius 1 is 1.41 bits per heavy atom. The number of hydrogen-bond acceptors (Lipinski definition) is 3. The van der Waals surface area contributed by atoms with E-state index in [1.165, 1.54) is 11.3 Å². The first-order chi connectivity index (χ1) is 8.34. The van der Waals surface area contributed by atoms with Gasteiger partial charge in [-0.2, -0.15) is 0 Å². The van der Waals surface area contributed by atoms with Crippen LogP contribution in [0, 0.1) is 5.92 Å². The van der Waals surface area contributed by atoms with Gasteiger partial charge in [0.1, 0.15) is 0 Å². The lowest BCUT2D eigenvalue weighted by atomic mass is 9.99. The standard InChI is InChI=1S/C14H20N2O/c15-13(12-6-8-17-10-12)9-16-7-5-11-3-1-2-4-14(11)16/h1-4,12-13H,5-10,15H2. The van der Waals surface area contributed by atoms with E-state index >= 15 is 0 Å². The quantitative estimate of drug-likeness (QED) is 0.856. The Bertz CT molecular complexity index is 388. The maximum Gasteiger partial charge on any atom is 0.0510 e. The molecule has 2 N–H and O–H groups in total. The van der Waals surface area contributed by atoms with Gasteiger partial charge in [0.15, 0.2) is 0 Å². The van der Waals surface area contributed by atoms with E-state index in [4.69, 9.17) is 10.5 Å². The Morgan fingerprint density at radius 2 is 2.29 bits per heavy atom. The van der Waals surface area contributed by atoms with Crippen molar-refractivity contribution in [3.8, 4) is 0 Å². The van der Waals surface area contributed by atoms with Crippen molar-refractivity contribution in [1.82, 2.24) is 0 Å². The summed E-state index contributed by atoms with van der Waals surface area (Å²) in [7, 11) is 0. The molecule has 1 aromatic carbocycles. The van der Waals surface area contributed by atoms with E-state index in [-0.39, 0.29) is 6.04 Å². The first kappa shape index (κ1) is 11.1. The molecule has 2 atom stereocenters. The fourth-order valence-corrected chi connectivity index (χ4v) is 2.89. The normalized spacial score (nSPS) is 25.0. The Balaban J connectivity index is 1.66. The molecule has 3 heteroatoms. The van der Waals surface area contributed by atoms with Crippen LogP contribution in [0.15, 0.2) is 24.3 Å². The van der Waals surface area contributed by atoms with E-state index in [9.17, 15) is 0 Å². The van der Waals surface area contributed by atoms with Gasteiger partial charge in [-0.05, 0) is 24.5 Å². The predicted molar refractivity (Wildman–Crippen MR) is 69.3 cm³/mol. The average molecular weight is 232 g/mol. The van der Waals surface area contributed by atoms with Crippen molar-refractivity contribution in [2.45, 2.75) is 18.9 Å². The minimum Gasteiger partial charge on any atom is -0.381 e. The number of rotatable bonds is 3. The lowest BCUT2D eigenvalue weighted by Crippen LogP contribution is -2.42. The number of anilines is 1. The van der Waals surface area contributed by atoms with E-state index in [1.54, 1.807) is 0 Å². The zero-order valence-electron chi connectivity index (χ0n) is 10.1. The van der Waals surface area contributed by atoms with Crippen LogP contribution in [0.3, 0.4) is 0 Å². The van der Waals surface area contributed by atoms with Crippen LogP contribution in [0.5, 0.6) is 0 Å². The molecule has 0 spiro atoms. The van der Waals surface area contributed by atoms with Crippen molar-refractivity contribution >= 4 is 5.69 Å². The van der Waals surface area contributed by atoms with Crippen LogP contribution in [0.1, 0.15) is 12.0 Å². The Kier molecular flexibility index (Phi) is 3.04. The second-order valence-electron chi connectivity index (χ2n) is 5.11. The van der Waals surface area contributed by atoms with Gasteiger partial charge in [-0.1, -0.05) is 18.2 Å². The molecule has 3 rings (SSSR count). The maximum absolute atomic E-state index is 6.29. The highest BCUT2D eigenvalue weighted by Crippen LogP contribution is 2.28. The predicted octanol–water partition coefficient (Wildman–Crippen LogP) is 1.41. The highest BCUT2D eigenvalue weighted by molar-refractivity contribution is 5.57. The smallest absolute Gasteiger partial charge is 0.0510 e. The fraction of sp³-hybridized carbons (Fsp3) is 0.571. The molecule has 0 saturated carbocycles. The summed E-state index contributed by atoms with van der Waals surface area (Å²) in [4.78, 5) is 2.43. The summed E-state index contributed by atoms with van der Waals surface area (Å²) in [5, 5.41) is 0. The van der Waals surface area contributed by atoms with Crippen LogP contribution in [-0.4, -0.2) is 32.3 Å². The second kappa shape index (κ2) is 4.67. The van der Waals surface area contributed by atoms with E-state index in [1.807, 2.05) is 0 Å². The first-order valence-corrected chi connectivity index (χ1v) is 6.51. The van der Waals surface area contributed by atoms with Gasteiger partial charge in [0.2, 0.25) is 0 Å². The van der Waals surface area contributed by atoms with Gasteiger partial charge >= 0.3 is 0 Å². The molecule has 2 unspecified atom stereocenters. The Morgan fingerprint density at radius 3 is 3.12 bits per heavy atom. The number of ether oxygens (including phenoxy) is 1. The van der Waals surface area contributed by atoms with Gasteiger partial charge < -0.3 is 15.4 Å². The third-order valence-corrected chi connectivity index (χ3v) is 3.98. The van der Waals surface area contributed by atoms with Crippen LogP contribution in [0.4, 0.5) is 5.69 Å². The van der Waals surface area contributed by atoms with E-state index < -0.39 is 0 Å². The molecule has 92 valence electrons. The molecule has 0 amide bonds. The molecule has 0 radical (unpaired) electrons. The molecule has 1 aromatic rings. The van der Waals surface area contributed by atoms with Crippen molar-refractivity contribution in [3.05, 3.63) is 29.8 Å². The molecule has 2 heterocycles. The van der Waals surface area contributed by atoms with Gasteiger partial charge in [0.25, 0.3) is 0 Å². The summed E-state index contributed by atoms with van der Waals surface area (Å²) in [5.41, 5.74) is 9.13. The molecule has 17 heavy (non-hydrogen) atoms. The van der Waals surface area contributed by atoms with E-state index in [2.05, 4.69) is 29.2 Å². The number of para-hydroxylation sites is 1. The van der Waals surface area contributed by atoms with Crippen molar-refractivity contribution < 1.29 is 4.74 Å². The lowest BCUT2D eigenvalue weighted by Gasteiger charge is -2.26. The van der Waals surface area contributed by atoms with Gasteiger partial charge in [-0.25, -0.2) is 0 Å². The molecule has 2 aliphatic heterocycles. The number of nitrogens with two attached hydrogens (primary N) is 1. The minimum atomic E-state index is 0.239. The van der Waals surface area contributed by atoms with Crippen LogP contribution in [0.25, 0.3) is 0 Å². The zero-order valence-corrected chi connectivity index (χ0v) is 10.1. The Labute approximate surface area is 103 Å². The zero-order chi connectivity index (χ0) is 11.7. The lowest BCUT2D eigenvalue weighted by molar-refractivity contribution is 0.181. The number of fused-ring (bicyclic) bond motifs is 1.